The van der Waals surface area contributed by atoms with E-state index in [1.165, 1.54) is 13.3 Å². The summed E-state index contributed by atoms with van der Waals surface area (Å²) in [6.07, 6.45) is 0. The molecule has 0 bridgehead atoms. The average molecular weight is 350 g/mol. The number of benzene rings is 2. The maximum atomic E-state index is 10.9. The van der Waals surface area contributed by atoms with Crippen LogP contribution in [0.25, 0.3) is 0 Å². The molecule has 0 saturated heterocycles. The molecule has 0 amide bonds. The summed E-state index contributed by atoms with van der Waals surface area (Å²) in [5.74, 6) is 0. The summed E-state index contributed by atoms with van der Waals surface area (Å²) in [4.78, 5) is 21.7. The molecule has 0 aliphatic rings. The van der Waals surface area contributed by atoms with Gasteiger partial charge in [-0.1, -0.05) is 60.7 Å². The van der Waals surface area contributed by atoms with E-state index in [-0.39, 0.29) is 37.7 Å². The Morgan fingerprint density at radius 2 is 0.905 bits per heavy atom. The fraction of sp³-hybridized carbons (Fsp3) is 0.143. The molecule has 0 heterocycles. The first-order chi connectivity index (χ1) is 9.21. The van der Waals surface area contributed by atoms with Crippen molar-refractivity contribution in [3.8, 4) is 0 Å². The van der Waals surface area contributed by atoms with Crippen molar-refractivity contribution in [2.75, 3.05) is 13.3 Å². The minimum absolute atomic E-state index is 0. The normalized spacial score (nSPS) is 15.4. The van der Waals surface area contributed by atoms with E-state index < -0.39 is 14.7 Å². The molecule has 0 N–H and O–H groups in total. The van der Waals surface area contributed by atoms with Crippen LogP contribution in [0.4, 0.5) is 0 Å². The predicted octanol–water partition coefficient (Wildman–Crippen LogP) is 0.779. The molecular weight excluding hydrogens is 334 g/mol. The zero-order chi connectivity index (χ0) is 15.2. The van der Waals surface area contributed by atoms with Gasteiger partial charge in [-0.15, -0.1) is 0 Å². The minimum Gasteiger partial charge on any atom is -0.796 e. The molecule has 0 saturated carbocycles. The number of rotatable bonds is 2. The van der Waals surface area contributed by atoms with Gasteiger partial charge in [0.15, 0.2) is 0 Å². The molecule has 0 aliphatic heterocycles. The van der Waals surface area contributed by atoms with E-state index in [1.54, 1.807) is 60.7 Å². The summed E-state index contributed by atoms with van der Waals surface area (Å²) in [7, 11) is -6.54. The third-order valence-corrected chi connectivity index (χ3v) is 4.92. The zero-order valence-electron chi connectivity index (χ0n) is 12.0. The Balaban J connectivity index is 0.000000364. The van der Waals surface area contributed by atoms with Crippen molar-refractivity contribution in [1.82, 2.24) is 0 Å². The monoisotopic (exact) mass is 350 g/mol. The van der Waals surface area contributed by atoms with Crippen molar-refractivity contribution >= 4 is 63.1 Å². The Hall–Kier alpha value is 0.0797. The third kappa shape index (κ3) is 8.32. The summed E-state index contributed by atoms with van der Waals surface area (Å²) in [6, 6.07) is 16.8. The van der Waals surface area contributed by atoms with E-state index in [0.717, 1.165) is 0 Å². The molecule has 2 aromatic carbocycles. The molecule has 0 fully saturated rings. The predicted molar refractivity (Wildman–Crippen MR) is 85.0 cm³/mol. The summed E-state index contributed by atoms with van der Waals surface area (Å²) in [5.41, 5.74) is 0. The topological polar surface area (TPSA) is 80.3 Å². The Labute approximate surface area is 155 Å². The largest absolute Gasteiger partial charge is 2.00 e. The van der Waals surface area contributed by atoms with E-state index in [0.29, 0.717) is 10.6 Å². The maximum absolute atomic E-state index is 10.9. The van der Waals surface area contributed by atoms with Crippen molar-refractivity contribution in [2.45, 2.75) is 0 Å². The third-order valence-electron chi connectivity index (χ3n) is 2.45. The van der Waals surface area contributed by atoms with Gasteiger partial charge in [0.2, 0.25) is 0 Å². The fourth-order valence-electron chi connectivity index (χ4n) is 1.40. The Kier molecular flexibility index (Phi) is 9.31. The van der Waals surface area contributed by atoms with Crippen LogP contribution in [-0.4, -0.2) is 51.1 Å². The van der Waals surface area contributed by atoms with E-state index in [9.17, 15) is 18.9 Å². The molecule has 108 valence electrons. The van der Waals surface area contributed by atoms with Crippen LogP contribution in [0.5, 0.6) is 0 Å². The van der Waals surface area contributed by atoms with Crippen molar-refractivity contribution < 1.29 is 18.9 Å². The van der Waals surface area contributed by atoms with Gasteiger partial charge in [0.25, 0.3) is 0 Å². The van der Waals surface area contributed by atoms with Crippen LogP contribution in [0.15, 0.2) is 60.7 Å². The quantitative estimate of drug-likeness (QED) is 0.592. The zero-order valence-corrected chi connectivity index (χ0v) is 16.0. The number of hydrogen-bond donors (Lipinski definition) is 0. The molecule has 0 aromatic heterocycles. The van der Waals surface area contributed by atoms with Gasteiger partial charge in [-0.3, -0.25) is 0 Å². The summed E-state index contributed by atoms with van der Waals surface area (Å²) >= 11 is 0. The Morgan fingerprint density at radius 1 is 0.667 bits per heavy atom. The average Bonchev–Trinajstić information content (AvgIpc) is 2.40. The molecule has 4 nitrogen and oxygen atoms in total. The second kappa shape index (κ2) is 9.27. The van der Waals surface area contributed by atoms with Gasteiger partial charge >= 0.3 is 37.7 Å². The van der Waals surface area contributed by atoms with Crippen LogP contribution in [0.3, 0.4) is 0 Å². The van der Waals surface area contributed by atoms with E-state index >= 15 is 0 Å². The molecule has 2 rings (SSSR count). The van der Waals surface area contributed by atoms with Crippen LogP contribution in [0.1, 0.15) is 0 Å². The first-order valence-electron chi connectivity index (χ1n) is 5.89. The van der Waals surface area contributed by atoms with Crippen LogP contribution in [0, 0.1) is 0 Å². The van der Waals surface area contributed by atoms with Crippen molar-refractivity contribution in [1.29, 1.82) is 0 Å². The van der Waals surface area contributed by atoms with Gasteiger partial charge in [-0.2, -0.15) is 0 Å². The van der Waals surface area contributed by atoms with E-state index in [2.05, 4.69) is 0 Å². The summed E-state index contributed by atoms with van der Waals surface area (Å²) in [6.45, 7) is 2.45. The number of hydrogen-bond acceptors (Lipinski definition) is 4. The summed E-state index contributed by atoms with van der Waals surface area (Å²) < 4.78 is 21.7. The Morgan fingerprint density at radius 3 is 1.05 bits per heavy atom. The van der Waals surface area contributed by atoms with Crippen LogP contribution in [0.2, 0.25) is 0 Å². The minimum atomic E-state index is -3.27. The maximum Gasteiger partial charge on any atom is 2.00 e. The fourth-order valence-corrected chi connectivity index (χ4v) is 2.82. The molecule has 0 spiro atoms. The first kappa shape index (κ1) is 21.1. The van der Waals surface area contributed by atoms with Crippen molar-refractivity contribution in [3.05, 3.63) is 60.7 Å². The molecule has 21 heavy (non-hydrogen) atoms. The molecule has 2 atom stereocenters. The van der Waals surface area contributed by atoms with Gasteiger partial charge in [-0.25, -0.2) is 0 Å². The molecule has 7 heteroatoms. The van der Waals surface area contributed by atoms with Crippen molar-refractivity contribution in [2.24, 2.45) is 0 Å². The van der Waals surface area contributed by atoms with Gasteiger partial charge in [0, 0.05) is 14.7 Å². The van der Waals surface area contributed by atoms with Gasteiger partial charge in [0.05, 0.1) is 0 Å². The second-order valence-corrected chi connectivity index (χ2v) is 8.78. The smallest absolute Gasteiger partial charge is 0.796 e. The molecule has 0 radical (unpaired) electrons. The summed E-state index contributed by atoms with van der Waals surface area (Å²) in [5, 5.41) is 0.796. The molecule has 2 unspecified atom stereocenters. The molecular formula is C14H16CaO4P2. The standard InChI is InChI=1S/2C7H9O2P.Ca/c2*1-10(8,9)7-5-3-2-4-6-7;/h2*2-6H,1H3,(H,8,9);/q;;+2/p-2. The van der Waals surface area contributed by atoms with Crippen LogP contribution >= 0.6 is 14.7 Å². The van der Waals surface area contributed by atoms with Gasteiger partial charge < -0.3 is 18.9 Å². The van der Waals surface area contributed by atoms with Gasteiger partial charge in [0.1, 0.15) is 0 Å². The van der Waals surface area contributed by atoms with E-state index in [4.69, 9.17) is 0 Å². The van der Waals surface area contributed by atoms with E-state index in [1.807, 2.05) is 0 Å². The first-order valence-corrected chi connectivity index (χ1v) is 10.0. The van der Waals surface area contributed by atoms with Crippen LogP contribution in [-0.2, 0) is 9.13 Å². The Bertz CT molecular complexity index is 562. The SMILES string of the molecule is CP(=O)([O-])c1ccccc1.CP(=O)([O-])c1ccccc1.[Ca+2]. The molecule has 2 aromatic rings. The van der Waals surface area contributed by atoms with Gasteiger partial charge in [-0.05, 0) is 23.9 Å². The second-order valence-electron chi connectivity index (χ2n) is 4.36. The van der Waals surface area contributed by atoms with Crippen LogP contribution < -0.4 is 20.4 Å². The molecule has 0 aliphatic carbocycles. The van der Waals surface area contributed by atoms with Crippen molar-refractivity contribution in [3.63, 3.8) is 0 Å².